The fraction of sp³-hybridized carbons (Fsp3) is 0.250. The van der Waals surface area contributed by atoms with Crippen molar-refractivity contribution in [2.45, 2.75) is 13.1 Å². The molecule has 128 valence electrons. The molecule has 1 aliphatic heterocycles. The van der Waals surface area contributed by atoms with Gasteiger partial charge in [-0.2, -0.15) is 5.10 Å². The molecule has 0 saturated carbocycles. The van der Waals surface area contributed by atoms with Gasteiger partial charge in [-0.05, 0) is 18.2 Å². The molecular formula is C16H14FN5O3. The first kappa shape index (κ1) is 15.3. The predicted octanol–water partition coefficient (Wildman–Crippen LogP) is 0.987. The van der Waals surface area contributed by atoms with E-state index in [0.29, 0.717) is 36.7 Å². The molecule has 0 unspecified atom stereocenters. The molecule has 0 aliphatic carbocycles. The molecule has 4 rings (SSSR count). The molecule has 9 heteroatoms. The van der Waals surface area contributed by atoms with Crippen molar-refractivity contribution < 1.29 is 14.3 Å². The van der Waals surface area contributed by atoms with Crippen molar-refractivity contribution in [1.29, 1.82) is 0 Å². The molecule has 1 N–H and O–H groups in total. The summed E-state index contributed by atoms with van der Waals surface area (Å²) in [5, 5.41) is 14.0. The molecule has 0 fully saturated rings. The van der Waals surface area contributed by atoms with Gasteiger partial charge in [-0.15, -0.1) is 0 Å². The van der Waals surface area contributed by atoms with Crippen molar-refractivity contribution in [3.63, 3.8) is 0 Å². The number of aryl methyl sites for hydroxylation is 1. The Morgan fingerprint density at radius 3 is 2.84 bits per heavy atom. The predicted molar refractivity (Wildman–Crippen MR) is 87.2 cm³/mol. The summed E-state index contributed by atoms with van der Waals surface area (Å²) < 4.78 is 17.0. The summed E-state index contributed by atoms with van der Waals surface area (Å²) in [4.78, 5) is 29.2. The smallest absolute Gasteiger partial charge is 0.345 e. The maximum Gasteiger partial charge on any atom is 0.345 e. The van der Waals surface area contributed by atoms with E-state index in [1.165, 1.54) is 16.8 Å². The number of benzene rings is 1. The number of fused-ring (bicyclic) bond motifs is 2. The van der Waals surface area contributed by atoms with E-state index in [1.54, 1.807) is 17.7 Å². The van der Waals surface area contributed by atoms with E-state index in [-0.39, 0.29) is 16.6 Å². The second-order valence-electron chi connectivity index (χ2n) is 5.89. The second-order valence-corrected chi connectivity index (χ2v) is 5.89. The minimum Gasteiger partial charge on any atom is -0.478 e. The van der Waals surface area contributed by atoms with E-state index in [1.807, 2.05) is 4.90 Å². The lowest BCUT2D eigenvalue weighted by molar-refractivity contribution is 0.0697. The Bertz CT molecular complexity index is 1070. The van der Waals surface area contributed by atoms with E-state index >= 15 is 0 Å². The van der Waals surface area contributed by atoms with Gasteiger partial charge in [0, 0.05) is 30.9 Å². The molecule has 0 spiro atoms. The summed E-state index contributed by atoms with van der Waals surface area (Å²) in [5.74, 6) is -0.540. The number of carbonyl (C=O) groups is 1. The number of pyridine rings is 1. The zero-order valence-corrected chi connectivity index (χ0v) is 13.3. The van der Waals surface area contributed by atoms with Gasteiger partial charge in [0.2, 0.25) is 0 Å². The van der Waals surface area contributed by atoms with Gasteiger partial charge in [0.1, 0.15) is 11.6 Å². The number of hydrogen-bond acceptors (Lipinski definition) is 5. The maximum atomic E-state index is 14.1. The summed E-state index contributed by atoms with van der Waals surface area (Å²) in [7, 11) is 1.59. The van der Waals surface area contributed by atoms with Crippen molar-refractivity contribution in [3.05, 3.63) is 52.1 Å². The van der Waals surface area contributed by atoms with Crippen LogP contribution in [0.2, 0.25) is 0 Å². The molecule has 1 aromatic carbocycles. The third-order valence-electron chi connectivity index (χ3n) is 4.37. The SMILES string of the molecule is Cn1nc2n(c1=O)CCN(c1ncc(F)c3cc(C(=O)O)ccc13)C2. The largest absolute Gasteiger partial charge is 0.478 e. The van der Waals surface area contributed by atoms with Gasteiger partial charge in [-0.25, -0.2) is 23.6 Å². The van der Waals surface area contributed by atoms with Crippen LogP contribution in [0.1, 0.15) is 16.2 Å². The van der Waals surface area contributed by atoms with Gasteiger partial charge in [0.15, 0.2) is 5.82 Å². The van der Waals surface area contributed by atoms with Crippen LogP contribution in [0.3, 0.4) is 0 Å². The summed E-state index contributed by atoms with van der Waals surface area (Å²) in [6, 6.07) is 4.29. The zero-order valence-electron chi connectivity index (χ0n) is 13.3. The van der Waals surface area contributed by atoms with Gasteiger partial charge in [-0.1, -0.05) is 0 Å². The molecule has 1 aliphatic rings. The van der Waals surface area contributed by atoms with Crippen LogP contribution in [-0.4, -0.2) is 37.0 Å². The standard InChI is InChI=1S/C16H14FN5O3/c1-20-16(25)22-5-4-21(8-13(22)19-20)14-10-3-2-9(15(23)24)6-11(10)12(17)7-18-14/h2-3,6-7H,4-5,8H2,1H3,(H,23,24). The molecule has 0 bridgehead atoms. The van der Waals surface area contributed by atoms with E-state index in [4.69, 9.17) is 5.11 Å². The Labute approximate surface area is 140 Å². The Hall–Kier alpha value is -3.23. The van der Waals surface area contributed by atoms with Gasteiger partial charge >= 0.3 is 11.7 Å². The highest BCUT2D eigenvalue weighted by Crippen LogP contribution is 2.29. The lowest BCUT2D eigenvalue weighted by Gasteiger charge is -2.28. The zero-order chi connectivity index (χ0) is 17.7. The number of nitrogens with zero attached hydrogens (tertiary/aromatic N) is 5. The van der Waals surface area contributed by atoms with Gasteiger partial charge < -0.3 is 10.0 Å². The fourth-order valence-electron chi connectivity index (χ4n) is 3.13. The Kier molecular flexibility index (Phi) is 3.31. The summed E-state index contributed by atoms with van der Waals surface area (Å²) >= 11 is 0. The van der Waals surface area contributed by atoms with E-state index in [2.05, 4.69) is 10.1 Å². The lowest BCUT2D eigenvalue weighted by atomic mass is 10.1. The van der Waals surface area contributed by atoms with Crippen molar-refractivity contribution in [2.75, 3.05) is 11.4 Å². The summed E-state index contributed by atoms with van der Waals surface area (Å²) in [6.45, 7) is 1.34. The number of carboxylic acids is 1. The van der Waals surface area contributed by atoms with E-state index in [9.17, 15) is 14.0 Å². The summed E-state index contributed by atoms with van der Waals surface area (Å²) in [5.41, 5.74) is -0.154. The number of carboxylic acid groups (broad SMARTS) is 1. The Balaban J connectivity index is 1.81. The van der Waals surface area contributed by atoms with Crippen LogP contribution < -0.4 is 10.6 Å². The quantitative estimate of drug-likeness (QED) is 0.746. The molecule has 0 amide bonds. The minimum absolute atomic E-state index is 0.0146. The highest BCUT2D eigenvalue weighted by Gasteiger charge is 2.24. The monoisotopic (exact) mass is 343 g/mol. The molecule has 25 heavy (non-hydrogen) atoms. The van der Waals surface area contributed by atoms with Crippen LogP contribution in [0.25, 0.3) is 10.8 Å². The number of aromatic nitrogens is 4. The Morgan fingerprint density at radius 1 is 1.28 bits per heavy atom. The highest BCUT2D eigenvalue weighted by molar-refractivity contribution is 5.98. The van der Waals surface area contributed by atoms with Crippen LogP contribution in [-0.2, 0) is 20.1 Å². The molecule has 3 heterocycles. The molecular weight excluding hydrogens is 329 g/mol. The van der Waals surface area contributed by atoms with Crippen LogP contribution >= 0.6 is 0 Å². The normalized spacial score (nSPS) is 13.9. The molecule has 0 atom stereocenters. The number of rotatable bonds is 2. The average Bonchev–Trinajstić information content (AvgIpc) is 2.89. The third kappa shape index (κ3) is 2.35. The number of anilines is 1. The number of halogens is 1. The van der Waals surface area contributed by atoms with E-state index < -0.39 is 11.8 Å². The van der Waals surface area contributed by atoms with E-state index in [0.717, 1.165) is 6.20 Å². The second kappa shape index (κ2) is 5.40. The summed E-state index contributed by atoms with van der Waals surface area (Å²) in [6.07, 6.45) is 1.09. The first-order chi connectivity index (χ1) is 12.0. The molecule has 0 saturated heterocycles. The molecule has 2 aromatic heterocycles. The average molecular weight is 343 g/mol. The topological polar surface area (TPSA) is 93.3 Å². The third-order valence-corrected chi connectivity index (χ3v) is 4.37. The van der Waals surface area contributed by atoms with Crippen molar-refractivity contribution in [1.82, 2.24) is 19.3 Å². The van der Waals surface area contributed by atoms with Crippen LogP contribution in [0.5, 0.6) is 0 Å². The first-order valence-corrected chi connectivity index (χ1v) is 7.65. The van der Waals surface area contributed by atoms with Crippen molar-refractivity contribution >= 4 is 22.6 Å². The van der Waals surface area contributed by atoms with Crippen LogP contribution in [0.15, 0.2) is 29.2 Å². The maximum absolute atomic E-state index is 14.1. The van der Waals surface area contributed by atoms with Crippen molar-refractivity contribution in [3.8, 4) is 0 Å². The number of hydrogen-bond donors (Lipinski definition) is 1. The fourth-order valence-corrected chi connectivity index (χ4v) is 3.13. The van der Waals surface area contributed by atoms with Gasteiger partial charge in [0.25, 0.3) is 0 Å². The highest BCUT2D eigenvalue weighted by atomic mass is 19.1. The van der Waals surface area contributed by atoms with Gasteiger partial charge in [-0.3, -0.25) is 4.57 Å². The first-order valence-electron chi connectivity index (χ1n) is 7.65. The van der Waals surface area contributed by atoms with Gasteiger partial charge in [0.05, 0.1) is 18.3 Å². The molecule has 8 nitrogen and oxygen atoms in total. The molecule has 0 radical (unpaired) electrons. The lowest BCUT2D eigenvalue weighted by Crippen LogP contribution is -2.38. The van der Waals surface area contributed by atoms with Crippen LogP contribution in [0.4, 0.5) is 10.2 Å². The Morgan fingerprint density at radius 2 is 2.08 bits per heavy atom. The minimum atomic E-state index is -1.12. The number of aromatic carboxylic acids is 1. The van der Waals surface area contributed by atoms with Crippen molar-refractivity contribution in [2.24, 2.45) is 7.05 Å². The van der Waals surface area contributed by atoms with Crippen LogP contribution in [0, 0.1) is 5.82 Å². The molecule has 3 aromatic rings.